The Balaban J connectivity index is 0.000000162. The van der Waals surface area contributed by atoms with E-state index in [1.165, 1.54) is 57.8 Å². The van der Waals surface area contributed by atoms with E-state index in [1.54, 1.807) is 37.2 Å². The second-order valence-corrected chi connectivity index (χ2v) is 20.9. The second-order valence-electron chi connectivity index (χ2n) is 20.0. The zero-order valence-electron chi connectivity index (χ0n) is 37.3. The number of anilines is 5. The van der Waals surface area contributed by atoms with Crippen LogP contribution in [-0.4, -0.2) is 74.4 Å². The van der Waals surface area contributed by atoms with Crippen molar-refractivity contribution in [2.24, 2.45) is 46.3 Å². The van der Waals surface area contributed by atoms with E-state index < -0.39 is 0 Å². The maximum Gasteiger partial charge on any atom is 0.230 e. The standard InChI is InChI=1S/C25H32ClN5O.C24H31ClN6O/c1-25(9-10-25)23(32)30-21-6-5-20(27-16-21)4-2-3-18-13-22(18)17-7-11-31(12-8-17)24-28-14-19(26)15-29-24;1-24(7-8-24)22(32)30-19-2-3-21(27-15-19)26-9-4-17-12-20(17)16-5-10-31(11-6-16)23-28-13-18(25)14-29-23/h5-6,14-18,22H,2-4,7-13H2,1H3,(H,30,32);2-3,13-17,20H,4-12H2,1H3,(H,26,27)(H,30,32)/t18-,22-;17-,20-/m11/s1. The van der Waals surface area contributed by atoms with Crippen LogP contribution in [0.2, 0.25) is 10.0 Å². The monoisotopic (exact) mass is 907 g/mol. The number of carbonyl (C=O) groups excluding carboxylic acids is 2. The summed E-state index contributed by atoms with van der Waals surface area (Å²) >= 11 is 11.8. The number of aryl methyl sites for hydroxylation is 1. The molecule has 4 aliphatic carbocycles. The Bertz CT molecular complexity index is 2030. The lowest BCUT2D eigenvalue weighted by molar-refractivity contribution is -0.121. The van der Waals surface area contributed by atoms with Gasteiger partial charge in [-0.05, 0) is 150 Å². The highest BCUT2D eigenvalue weighted by Gasteiger charge is 2.46. The van der Waals surface area contributed by atoms with Crippen LogP contribution >= 0.6 is 23.2 Å². The number of piperidine rings is 2. The lowest BCUT2D eigenvalue weighted by atomic mass is 9.90. The maximum absolute atomic E-state index is 12.1. The Morgan fingerprint density at radius 3 is 1.53 bits per heavy atom. The van der Waals surface area contributed by atoms with Crippen molar-refractivity contribution in [1.82, 2.24) is 29.9 Å². The zero-order valence-corrected chi connectivity index (χ0v) is 38.8. The van der Waals surface area contributed by atoms with Gasteiger partial charge in [-0.1, -0.05) is 37.0 Å². The SMILES string of the molecule is CC1(C(=O)Nc2ccc(CCC[C@@H]3C[C@@H]3C3CCN(c4ncc(Cl)cn4)CC3)nc2)CC1.CC1(C(=O)Nc2ccc(NCC[C@@H]3C[C@@H]3C3CCN(c4ncc(Cl)cn4)CC3)nc2)CC1. The Hall–Kier alpha value is -4.62. The highest BCUT2D eigenvalue weighted by atomic mass is 35.5. The van der Waals surface area contributed by atoms with Crippen molar-refractivity contribution in [2.45, 2.75) is 104 Å². The minimum Gasteiger partial charge on any atom is -0.370 e. The molecule has 2 amide bonds. The average molecular weight is 909 g/mol. The summed E-state index contributed by atoms with van der Waals surface area (Å²) in [6.45, 7) is 9.11. The topological polar surface area (TPSA) is 154 Å². The van der Waals surface area contributed by atoms with Crippen molar-refractivity contribution in [3.8, 4) is 0 Å². The molecule has 15 heteroatoms. The fourth-order valence-corrected chi connectivity index (χ4v) is 10.1. The summed E-state index contributed by atoms with van der Waals surface area (Å²) in [6.07, 6.45) is 26.5. The Kier molecular flexibility index (Phi) is 13.6. The average Bonchev–Trinajstić information content (AvgIpc) is 4.11. The van der Waals surface area contributed by atoms with Crippen LogP contribution in [0, 0.1) is 46.3 Å². The maximum atomic E-state index is 12.1. The molecule has 4 atom stereocenters. The molecule has 0 unspecified atom stereocenters. The highest BCUT2D eigenvalue weighted by molar-refractivity contribution is 6.30. The number of rotatable bonds is 16. The molecule has 4 aromatic heterocycles. The number of nitrogens with one attached hydrogen (secondary N) is 3. The fourth-order valence-electron chi connectivity index (χ4n) is 9.90. The summed E-state index contributed by atoms with van der Waals surface area (Å²) in [5.74, 6) is 7.83. The Labute approximate surface area is 387 Å². The van der Waals surface area contributed by atoms with Gasteiger partial charge in [-0.3, -0.25) is 14.6 Å². The van der Waals surface area contributed by atoms with Gasteiger partial charge in [0, 0.05) is 49.2 Å². The van der Waals surface area contributed by atoms with Crippen molar-refractivity contribution < 1.29 is 9.59 Å². The lowest BCUT2D eigenvalue weighted by Crippen LogP contribution is -2.35. The smallest absolute Gasteiger partial charge is 0.230 e. The summed E-state index contributed by atoms with van der Waals surface area (Å²) in [5, 5.41) is 10.6. The van der Waals surface area contributed by atoms with Crippen LogP contribution in [0.5, 0.6) is 0 Å². The third kappa shape index (κ3) is 11.6. The second kappa shape index (κ2) is 19.5. The number of pyridine rings is 2. The number of halogens is 2. The molecule has 10 rings (SSSR count). The zero-order chi connectivity index (χ0) is 44.3. The van der Waals surface area contributed by atoms with Crippen LogP contribution in [0.3, 0.4) is 0 Å². The molecule has 4 aromatic rings. The number of carbonyl (C=O) groups is 2. The number of amides is 2. The highest BCUT2D eigenvalue weighted by Crippen LogP contribution is 2.51. The van der Waals surface area contributed by atoms with Crippen molar-refractivity contribution >= 4 is 64.1 Å². The van der Waals surface area contributed by atoms with E-state index in [0.717, 1.165) is 135 Å². The van der Waals surface area contributed by atoms with Gasteiger partial charge in [-0.2, -0.15) is 0 Å². The first kappa shape index (κ1) is 44.6. The van der Waals surface area contributed by atoms with Gasteiger partial charge in [0.05, 0.1) is 58.6 Å². The number of hydrogen-bond acceptors (Lipinski definition) is 11. The third-order valence-electron chi connectivity index (χ3n) is 15.1. The van der Waals surface area contributed by atoms with Gasteiger partial charge in [0.1, 0.15) is 5.82 Å². The minimum absolute atomic E-state index is 0.103. The minimum atomic E-state index is -0.169. The summed E-state index contributed by atoms with van der Waals surface area (Å²) in [7, 11) is 0. The van der Waals surface area contributed by atoms with E-state index in [0.29, 0.717) is 10.0 Å². The molecule has 2 saturated heterocycles. The first-order chi connectivity index (χ1) is 31.0. The van der Waals surface area contributed by atoms with E-state index in [9.17, 15) is 9.59 Å². The molecule has 0 spiro atoms. The van der Waals surface area contributed by atoms with Crippen molar-refractivity contribution in [2.75, 3.05) is 58.5 Å². The van der Waals surface area contributed by atoms with E-state index in [-0.39, 0.29) is 22.6 Å². The van der Waals surface area contributed by atoms with Crippen LogP contribution in [0.4, 0.5) is 29.1 Å². The largest absolute Gasteiger partial charge is 0.370 e. The molecule has 13 nitrogen and oxygen atoms in total. The predicted octanol–water partition coefficient (Wildman–Crippen LogP) is 9.76. The Morgan fingerprint density at radius 1 is 0.625 bits per heavy atom. The van der Waals surface area contributed by atoms with Crippen molar-refractivity contribution in [1.29, 1.82) is 0 Å². The van der Waals surface area contributed by atoms with Crippen LogP contribution in [0.15, 0.2) is 61.4 Å². The Morgan fingerprint density at radius 2 is 1.09 bits per heavy atom. The summed E-state index contributed by atoms with van der Waals surface area (Å²) in [6, 6.07) is 7.93. The predicted molar refractivity (Wildman–Crippen MR) is 254 cm³/mol. The summed E-state index contributed by atoms with van der Waals surface area (Å²) < 4.78 is 0. The first-order valence-corrected chi connectivity index (χ1v) is 24.5. The molecule has 0 radical (unpaired) electrons. The molecule has 340 valence electrons. The van der Waals surface area contributed by atoms with Crippen molar-refractivity contribution in [3.63, 3.8) is 0 Å². The molecule has 64 heavy (non-hydrogen) atoms. The molecule has 4 saturated carbocycles. The van der Waals surface area contributed by atoms with Gasteiger partial charge < -0.3 is 25.8 Å². The van der Waals surface area contributed by atoms with Gasteiger partial charge in [0.15, 0.2) is 0 Å². The van der Waals surface area contributed by atoms with Gasteiger partial charge in [-0.15, -0.1) is 0 Å². The fraction of sp³-hybridized carbons (Fsp3) is 0.592. The number of hydrogen-bond donors (Lipinski definition) is 3. The van der Waals surface area contributed by atoms with Crippen molar-refractivity contribution in [3.05, 3.63) is 77.2 Å². The molecule has 6 aliphatic rings. The van der Waals surface area contributed by atoms with Crippen LogP contribution in [0.25, 0.3) is 0 Å². The lowest BCUT2D eigenvalue weighted by Gasteiger charge is -2.32. The molecular formula is C49H63Cl2N11O2. The molecule has 0 aromatic carbocycles. The van der Waals surface area contributed by atoms with Gasteiger partial charge in [0.2, 0.25) is 23.7 Å². The van der Waals surface area contributed by atoms with Crippen LogP contribution in [0.1, 0.15) is 103 Å². The van der Waals surface area contributed by atoms with E-state index in [1.807, 2.05) is 32.0 Å². The molecular weight excluding hydrogens is 846 g/mol. The first-order valence-electron chi connectivity index (χ1n) is 23.7. The third-order valence-corrected chi connectivity index (χ3v) is 15.4. The number of nitrogens with zero attached hydrogens (tertiary/aromatic N) is 8. The normalized spacial score (nSPS) is 24.2. The van der Waals surface area contributed by atoms with Gasteiger partial charge in [-0.25, -0.2) is 24.9 Å². The number of aromatic nitrogens is 6. The molecule has 0 bridgehead atoms. The van der Waals surface area contributed by atoms with E-state index >= 15 is 0 Å². The van der Waals surface area contributed by atoms with Gasteiger partial charge >= 0.3 is 0 Å². The molecule has 6 heterocycles. The van der Waals surface area contributed by atoms with Crippen LogP contribution in [-0.2, 0) is 16.0 Å². The molecule has 3 N–H and O–H groups in total. The van der Waals surface area contributed by atoms with E-state index in [4.69, 9.17) is 23.2 Å². The summed E-state index contributed by atoms with van der Waals surface area (Å²) in [4.78, 5) is 55.3. The van der Waals surface area contributed by atoms with Crippen LogP contribution < -0.4 is 25.8 Å². The summed E-state index contributed by atoms with van der Waals surface area (Å²) in [5.41, 5.74) is 2.38. The van der Waals surface area contributed by atoms with E-state index in [2.05, 4.69) is 61.7 Å². The quantitative estimate of drug-likeness (QED) is 0.0985. The molecule has 6 fully saturated rings. The van der Waals surface area contributed by atoms with Gasteiger partial charge in [0.25, 0.3) is 0 Å². The molecule has 2 aliphatic heterocycles.